The number of nitrogens with two attached hydrogens (primary N) is 1. The zero-order chi connectivity index (χ0) is 17.5. The Morgan fingerprint density at radius 3 is 3.04 bits per heavy atom. The molecule has 2 unspecified atom stereocenters. The molecule has 6 nitrogen and oxygen atoms in total. The Bertz CT molecular complexity index is 699. The predicted octanol–water partition coefficient (Wildman–Crippen LogP) is 2.60. The maximum atomic E-state index is 14.7. The predicted molar refractivity (Wildman–Crippen MR) is 87.3 cm³/mol. The molecule has 2 aliphatic rings. The number of fused-ring (bicyclic) bond motifs is 2. The molecular formula is C16H19ClFN3O3. The minimum atomic E-state index is -1.23. The van der Waals surface area contributed by atoms with Gasteiger partial charge in [-0.2, -0.15) is 0 Å². The molecule has 2 amide bonds. The molecule has 24 heavy (non-hydrogen) atoms. The third-order valence-corrected chi connectivity index (χ3v) is 4.97. The molecule has 2 atom stereocenters. The van der Waals surface area contributed by atoms with E-state index in [1.54, 1.807) is 11.0 Å². The highest BCUT2D eigenvalue weighted by atomic mass is 35.5. The van der Waals surface area contributed by atoms with Crippen molar-refractivity contribution in [1.29, 1.82) is 0 Å². The number of likely N-dealkylation sites (tertiary alicyclic amines) is 1. The van der Waals surface area contributed by atoms with Crippen LogP contribution in [0.25, 0.3) is 0 Å². The van der Waals surface area contributed by atoms with Gasteiger partial charge in [-0.1, -0.05) is 11.6 Å². The fraction of sp³-hybridized carbons (Fsp3) is 0.500. The van der Waals surface area contributed by atoms with Crippen molar-refractivity contribution in [2.75, 3.05) is 18.4 Å². The van der Waals surface area contributed by atoms with Crippen molar-refractivity contribution in [3.8, 4) is 0 Å². The molecule has 2 heterocycles. The second-order valence-electron chi connectivity index (χ2n) is 6.24. The first-order chi connectivity index (χ1) is 11.4. The van der Waals surface area contributed by atoms with Gasteiger partial charge in [0, 0.05) is 19.0 Å². The molecule has 8 heteroatoms. The summed E-state index contributed by atoms with van der Waals surface area (Å²) in [4.78, 5) is 25.9. The van der Waals surface area contributed by atoms with Gasteiger partial charge >= 0.3 is 6.09 Å². The molecule has 3 rings (SSSR count). The Labute approximate surface area is 144 Å². The molecule has 1 fully saturated rings. The SMILES string of the molecule is CC1CCC2(CN1C(=O)CCN)OC(=O)Nc1ccc(Cl)c(F)c12. The molecular weight excluding hydrogens is 337 g/mol. The number of amides is 2. The molecule has 3 N–H and O–H groups in total. The average Bonchev–Trinajstić information content (AvgIpc) is 2.53. The van der Waals surface area contributed by atoms with Crippen LogP contribution in [0.15, 0.2) is 12.1 Å². The Balaban J connectivity index is 2.06. The minimum Gasteiger partial charge on any atom is -0.436 e. The molecule has 130 valence electrons. The lowest BCUT2D eigenvalue weighted by molar-refractivity contribution is -0.143. The topological polar surface area (TPSA) is 84.7 Å². The van der Waals surface area contributed by atoms with Crippen LogP contribution in [0, 0.1) is 5.82 Å². The number of carbonyl (C=O) groups excluding carboxylic acids is 2. The Morgan fingerprint density at radius 1 is 1.58 bits per heavy atom. The van der Waals surface area contributed by atoms with Crippen molar-refractivity contribution in [3.05, 3.63) is 28.5 Å². The minimum absolute atomic E-state index is 0.0334. The van der Waals surface area contributed by atoms with Gasteiger partial charge in [0.1, 0.15) is 0 Å². The number of piperidine rings is 1. The number of halogens is 2. The van der Waals surface area contributed by atoms with E-state index in [2.05, 4.69) is 5.32 Å². The number of carbonyl (C=O) groups is 2. The fourth-order valence-electron chi connectivity index (χ4n) is 3.46. The Morgan fingerprint density at radius 2 is 2.33 bits per heavy atom. The van der Waals surface area contributed by atoms with E-state index >= 15 is 0 Å². The van der Waals surface area contributed by atoms with Crippen molar-refractivity contribution in [2.45, 2.75) is 37.8 Å². The molecule has 2 aliphatic heterocycles. The van der Waals surface area contributed by atoms with E-state index in [0.717, 1.165) is 0 Å². The molecule has 1 saturated heterocycles. The second-order valence-corrected chi connectivity index (χ2v) is 6.65. The van der Waals surface area contributed by atoms with Gasteiger partial charge in [0.05, 0.1) is 22.8 Å². The van der Waals surface area contributed by atoms with Crippen LogP contribution in [0.5, 0.6) is 0 Å². The second kappa shape index (κ2) is 6.22. The van der Waals surface area contributed by atoms with Crippen LogP contribution in [-0.2, 0) is 15.1 Å². The fourth-order valence-corrected chi connectivity index (χ4v) is 3.62. The summed E-state index contributed by atoms with van der Waals surface area (Å²) >= 11 is 5.92. The first-order valence-corrected chi connectivity index (χ1v) is 8.24. The molecule has 0 saturated carbocycles. The van der Waals surface area contributed by atoms with Crippen molar-refractivity contribution in [2.24, 2.45) is 5.73 Å². The van der Waals surface area contributed by atoms with E-state index in [0.29, 0.717) is 18.5 Å². The maximum absolute atomic E-state index is 14.7. The van der Waals surface area contributed by atoms with E-state index in [-0.39, 0.29) is 42.0 Å². The molecule has 0 bridgehead atoms. The van der Waals surface area contributed by atoms with Gasteiger partial charge in [0.15, 0.2) is 11.4 Å². The van der Waals surface area contributed by atoms with Gasteiger partial charge in [-0.05, 0) is 31.9 Å². The molecule has 1 aromatic carbocycles. The number of ether oxygens (including phenoxy) is 1. The summed E-state index contributed by atoms with van der Waals surface area (Å²) in [5.41, 5.74) is 4.77. The number of hydrogen-bond donors (Lipinski definition) is 2. The number of hydrogen-bond acceptors (Lipinski definition) is 4. The molecule has 1 aromatic rings. The van der Waals surface area contributed by atoms with Crippen molar-refractivity contribution in [3.63, 3.8) is 0 Å². The Hall–Kier alpha value is -1.86. The van der Waals surface area contributed by atoms with Crippen molar-refractivity contribution in [1.82, 2.24) is 4.90 Å². The normalized spacial score (nSPS) is 25.9. The molecule has 0 aliphatic carbocycles. The quantitative estimate of drug-likeness (QED) is 0.854. The van der Waals surface area contributed by atoms with E-state index in [4.69, 9.17) is 22.1 Å². The van der Waals surface area contributed by atoms with Crippen LogP contribution in [0.3, 0.4) is 0 Å². The zero-order valence-electron chi connectivity index (χ0n) is 13.3. The van der Waals surface area contributed by atoms with Gasteiger partial charge in [0.2, 0.25) is 5.91 Å². The molecule has 1 spiro atoms. The van der Waals surface area contributed by atoms with Crippen LogP contribution >= 0.6 is 11.6 Å². The summed E-state index contributed by atoms with van der Waals surface area (Å²) in [6.07, 6.45) is 0.523. The molecule has 0 radical (unpaired) electrons. The molecule has 0 aromatic heterocycles. The van der Waals surface area contributed by atoms with Crippen LogP contribution in [0.4, 0.5) is 14.9 Å². The number of anilines is 1. The number of rotatable bonds is 2. The summed E-state index contributed by atoms with van der Waals surface area (Å²) < 4.78 is 20.2. The lowest BCUT2D eigenvalue weighted by Crippen LogP contribution is -2.56. The van der Waals surface area contributed by atoms with E-state index in [1.807, 2.05) is 6.92 Å². The van der Waals surface area contributed by atoms with Crippen molar-refractivity contribution < 1.29 is 18.7 Å². The van der Waals surface area contributed by atoms with E-state index in [1.165, 1.54) is 6.07 Å². The van der Waals surface area contributed by atoms with Crippen molar-refractivity contribution >= 4 is 29.3 Å². The van der Waals surface area contributed by atoms with Crippen LogP contribution < -0.4 is 11.1 Å². The van der Waals surface area contributed by atoms with Gasteiger partial charge in [-0.25, -0.2) is 9.18 Å². The van der Waals surface area contributed by atoms with Gasteiger partial charge in [-0.15, -0.1) is 0 Å². The first kappa shape index (κ1) is 17.0. The van der Waals surface area contributed by atoms with Gasteiger partial charge in [0.25, 0.3) is 0 Å². The lowest BCUT2D eigenvalue weighted by atomic mass is 9.81. The summed E-state index contributed by atoms with van der Waals surface area (Å²) in [6.45, 7) is 2.23. The standard InChI is InChI=1S/C16H19ClFN3O3/c1-9-4-6-16(8-21(9)12(22)5-7-19)13-11(20-15(23)24-16)3-2-10(17)14(13)18/h2-3,9H,4-8,19H2,1H3,(H,20,23). The van der Waals surface area contributed by atoms with Crippen LogP contribution in [0.1, 0.15) is 31.7 Å². The van der Waals surface area contributed by atoms with Gasteiger partial charge in [-0.3, -0.25) is 10.1 Å². The van der Waals surface area contributed by atoms with Gasteiger partial charge < -0.3 is 15.4 Å². The lowest BCUT2D eigenvalue weighted by Gasteiger charge is -2.47. The van der Waals surface area contributed by atoms with E-state index in [9.17, 15) is 14.0 Å². The summed E-state index contributed by atoms with van der Waals surface area (Å²) in [5.74, 6) is -0.766. The largest absolute Gasteiger partial charge is 0.436 e. The number of nitrogens with one attached hydrogen (secondary N) is 1. The summed E-state index contributed by atoms with van der Waals surface area (Å²) in [6, 6.07) is 2.90. The van der Waals surface area contributed by atoms with Crippen LogP contribution in [-0.4, -0.2) is 36.0 Å². The summed E-state index contributed by atoms with van der Waals surface area (Å²) in [5, 5.41) is 2.45. The maximum Gasteiger partial charge on any atom is 0.412 e. The Kier molecular flexibility index (Phi) is 4.40. The zero-order valence-corrected chi connectivity index (χ0v) is 14.0. The monoisotopic (exact) mass is 355 g/mol. The van der Waals surface area contributed by atoms with E-state index < -0.39 is 17.5 Å². The highest BCUT2D eigenvalue weighted by molar-refractivity contribution is 6.31. The smallest absolute Gasteiger partial charge is 0.412 e. The van der Waals surface area contributed by atoms with Crippen LogP contribution in [0.2, 0.25) is 5.02 Å². The third-order valence-electron chi connectivity index (χ3n) is 4.68. The first-order valence-electron chi connectivity index (χ1n) is 7.86. The highest BCUT2D eigenvalue weighted by Gasteiger charge is 2.49. The number of benzene rings is 1. The highest BCUT2D eigenvalue weighted by Crippen LogP contribution is 2.46. The summed E-state index contributed by atoms with van der Waals surface area (Å²) in [7, 11) is 0. The third kappa shape index (κ3) is 2.71. The number of nitrogens with zero attached hydrogens (tertiary/aromatic N) is 1. The average molecular weight is 356 g/mol.